The molecule has 23 heavy (non-hydrogen) atoms. The van der Waals surface area contributed by atoms with E-state index in [1.54, 1.807) is 22.7 Å². The second-order valence-electron chi connectivity index (χ2n) is 6.71. The Morgan fingerprint density at radius 1 is 1.39 bits per heavy atom. The van der Waals surface area contributed by atoms with Crippen LogP contribution < -0.4 is 10.9 Å². The molecule has 3 atom stereocenters. The van der Waals surface area contributed by atoms with Gasteiger partial charge < -0.3 is 5.32 Å². The third-order valence-electron chi connectivity index (χ3n) is 5.16. The number of fused-ring (bicyclic) bond motifs is 1. The van der Waals surface area contributed by atoms with Crippen LogP contribution >= 0.6 is 0 Å². The molecular formula is C17H24N4O2. The van der Waals surface area contributed by atoms with Gasteiger partial charge in [0.2, 0.25) is 5.91 Å². The van der Waals surface area contributed by atoms with Crippen molar-refractivity contribution >= 4 is 11.4 Å². The zero-order valence-electron chi connectivity index (χ0n) is 14.0. The van der Waals surface area contributed by atoms with Crippen LogP contribution in [-0.2, 0) is 11.3 Å². The molecule has 0 bridgehead atoms. The molecule has 3 rings (SSSR count). The van der Waals surface area contributed by atoms with Crippen molar-refractivity contribution in [3.8, 4) is 0 Å². The number of rotatable bonds is 3. The Morgan fingerprint density at radius 3 is 2.96 bits per heavy atom. The highest BCUT2D eigenvalue weighted by Gasteiger charge is 2.28. The highest BCUT2D eigenvalue weighted by molar-refractivity contribution is 5.76. The number of hydrogen-bond donors (Lipinski definition) is 1. The zero-order valence-corrected chi connectivity index (χ0v) is 14.0. The maximum absolute atomic E-state index is 12.4. The molecule has 0 spiro atoms. The van der Waals surface area contributed by atoms with E-state index < -0.39 is 0 Å². The molecule has 1 N–H and O–H groups in total. The number of hydrogen-bond acceptors (Lipinski definition) is 3. The second kappa shape index (κ2) is 6.18. The van der Waals surface area contributed by atoms with E-state index in [1.807, 2.05) is 6.92 Å². The van der Waals surface area contributed by atoms with Gasteiger partial charge >= 0.3 is 0 Å². The largest absolute Gasteiger partial charge is 0.351 e. The van der Waals surface area contributed by atoms with Gasteiger partial charge in [-0.15, -0.1) is 0 Å². The number of carbonyl (C=O) groups excluding carboxylic acids is 1. The summed E-state index contributed by atoms with van der Waals surface area (Å²) in [4.78, 5) is 24.7. The fourth-order valence-corrected chi connectivity index (χ4v) is 3.52. The van der Waals surface area contributed by atoms with Crippen LogP contribution in [0.25, 0.3) is 5.52 Å². The predicted molar refractivity (Wildman–Crippen MR) is 88.3 cm³/mol. The number of nitrogens with one attached hydrogen (secondary N) is 1. The first-order valence-electron chi connectivity index (χ1n) is 8.31. The van der Waals surface area contributed by atoms with Gasteiger partial charge in [0.15, 0.2) is 0 Å². The van der Waals surface area contributed by atoms with Crippen LogP contribution in [0.2, 0.25) is 0 Å². The molecule has 1 aliphatic rings. The van der Waals surface area contributed by atoms with Gasteiger partial charge in [0, 0.05) is 12.2 Å². The lowest BCUT2D eigenvalue weighted by Gasteiger charge is -2.34. The Labute approximate surface area is 135 Å². The summed E-state index contributed by atoms with van der Waals surface area (Å²) in [7, 11) is 0. The van der Waals surface area contributed by atoms with E-state index in [4.69, 9.17) is 0 Å². The van der Waals surface area contributed by atoms with Gasteiger partial charge in [0.05, 0.1) is 0 Å². The van der Waals surface area contributed by atoms with E-state index in [1.165, 1.54) is 11.1 Å². The Morgan fingerprint density at radius 2 is 2.17 bits per heavy atom. The molecule has 2 aromatic rings. The lowest BCUT2D eigenvalue weighted by molar-refractivity contribution is -0.123. The highest BCUT2D eigenvalue weighted by Crippen LogP contribution is 2.29. The maximum atomic E-state index is 12.4. The first-order chi connectivity index (χ1) is 11.0. The smallest absolute Gasteiger partial charge is 0.291 e. The quantitative estimate of drug-likeness (QED) is 0.938. The van der Waals surface area contributed by atoms with Crippen LogP contribution in [0.15, 0.2) is 23.1 Å². The summed E-state index contributed by atoms with van der Waals surface area (Å²) in [5.74, 6) is 1.64. The molecule has 2 aromatic heterocycles. The summed E-state index contributed by atoms with van der Waals surface area (Å²) in [6.45, 7) is 6.22. The van der Waals surface area contributed by atoms with E-state index in [0.29, 0.717) is 23.2 Å². The van der Waals surface area contributed by atoms with Crippen LogP contribution in [0.1, 0.15) is 38.9 Å². The lowest BCUT2D eigenvalue weighted by atomic mass is 9.78. The van der Waals surface area contributed by atoms with Gasteiger partial charge in [-0.25, -0.2) is 4.68 Å². The average molecular weight is 316 g/mol. The fraction of sp³-hybridized carbons (Fsp3) is 0.588. The summed E-state index contributed by atoms with van der Waals surface area (Å²) in [6.07, 6.45) is 5.17. The summed E-state index contributed by atoms with van der Waals surface area (Å²) < 4.78 is 3.00. The molecule has 6 nitrogen and oxygen atoms in total. The average Bonchev–Trinajstić information content (AvgIpc) is 2.99. The fourth-order valence-electron chi connectivity index (χ4n) is 3.52. The monoisotopic (exact) mass is 316 g/mol. The Kier molecular flexibility index (Phi) is 4.24. The minimum Gasteiger partial charge on any atom is -0.351 e. The molecule has 2 heterocycles. The first-order valence-corrected chi connectivity index (χ1v) is 8.31. The molecule has 1 saturated carbocycles. The van der Waals surface area contributed by atoms with Crippen molar-refractivity contribution in [2.75, 3.05) is 0 Å². The normalized spacial score (nSPS) is 24.7. The van der Waals surface area contributed by atoms with Gasteiger partial charge in [-0.1, -0.05) is 26.7 Å². The number of aryl methyl sites for hydroxylation is 1. The van der Waals surface area contributed by atoms with E-state index in [9.17, 15) is 9.59 Å². The Balaban J connectivity index is 1.75. The van der Waals surface area contributed by atoms with E-state index in [0.717, 1.165) is 12.8 Å². The van der Waals surface area contributed by atoms with E-state index in [2.05, 4.69) is 24.3 Å². The van der Waals surface area contributed by atoms with Gasteiger partial charge in [0.25, 0.3) is 5.56 Å². The number of aromatic nitrogens is 3. The highest BCUT2D eigenvalue weighted by atomic mass is 16.2. The molecule has 0 saturated heterocycles. The van der Waals surface area contributed by atoms with Crippen molar-refractivity contribution in [1.29, 1.82) is 0 Å². The van der Waals surface area contributed by atoms with Crippen LogP contribution in [0, 0.1) is 18.8 Å². The topological polar surface area (TPSA) is 68.4 Å². The molecular weight excluding hydrogens is 292 g/mol. The van der Waals surface area contributed by atoms with Gasteiger partial charge in [0.1, 0.15) is 17.9 Å². The number of carbonyl (C=O) groups is 1. The molecule has 1 aliphatic carbocycles. The molecule has 6 heteroatoms. The van der Waals surface area contributed by atoms with Crippen molar-refractivity contribution in [1.82, 2.24) is 19.5 Å². The van der Waals surface area contributed by atoms with Crippen LogP contribution in [0.3, 0.4) is 0 Å². The first kappa shape index (κ1) is 15.8. The van der Waals surface area contributed by atoms with Gasteiger partial charge in [-0.2, -0.15) is 5.10 Å². The molecule has 0 aliphatic heterocycles. The minimum absolute atomic E-state index is 0.0288. The van der Waals surface area contributed by atoms with Crippen molar-refractivity contribution in [3.05, 3.63) is 34.5 Å². The van der Waals surface area contributed by atoms with Crippen molar-refractivity contribution in [2.45, 2.75) is 52.6 Å². The summed E-state index contributed by atoms with van der Waals surface area (Å²) in [6, 6.07) is 3.75. The molecule has 1 amide bonds. The van der Waals surface area contributed by atoms with Gasteiger partial charge in [-0.3, -0.25) is 14.0 Å². The third kappa shape index (κ3) is 3.02. The standard InChI is InChI=1S/C17H24N4O2/c1-11-6-4-7-14(12(11)2)18-16(22)10-21-17(23)15-8-5-9-20(15)13(3)19-21/h5,8-9,11-12,14H,4,6-7,10H2,1-3H3,(H,18,22)/t11-,12+,14-/m1/s1. The second-order valence-corrected chi connectivity index (χ2v) is 6.71. The number of nitrogens with zero attached hydrogens (tertiary/aromatic N) is 3. The Bertz CT molecular complexity index is 776. The van der Waals surface area contributed by atoms with Gasteiger partial charge in [-0.05, 0) is 37.3 Å². The van der Waals surface area contributed by atoms with Crippen LogP contribution in [0.4, 0.5) is 0 Å². The number of amides is 1. The van der Waals surface area contributed by atoms with Crippen molar-refractivity contribution in [2.24, 2.45) is 11.8 Å². The molecule has 0 unspecified atom stereocenters. The maximum Gasteiger partial charge on any atom is 0.291 e. The zero-order chi connectivity index (χ0) is 16.6. The molecule has 1 fully saturated rings. The predicted octanol–water partition coefficient (Wildman–Crippen LogP) is 1.75. The lowest BCUT2D eigenvalue weighted by Crippen LogP contribution is -2.46. The van der Waals surface area contributed by atoms with Crippen LogP contribution in [-0.4, -0.2) is 26.1 Å². The summed E-state index contributed by atoms with van der Waals surface area (Å²) in [5.41, 5.74) is 0.311. The van der Waals surface area contributed by atoms with E-state index in [-0.39, 0.29) is 24.1 Å². The summed E-state index contributed by atoms with van der Waals surface area (Å²) >= 11 is 0. The molecule has 0 radical (unpaired) electrons. The third-order valence-corrected chi connectivity index (χ3v) is 5.16. The van der Waals surface area contributed by atoms with E-state index >= 15 is 0 Å². The molecule has 124 valence electrons. The van der Waals surface area contributed by atoms with Crippen molar-refractivity contribution in [3.63, 3.8) is 0 Å². The Hall–Kier alpha value is -2.11. The van der Waals surface area contributed by atoms with Crippen LogP contribution in [0.5, 0.6) is 0 Å². The molecule has 0 aromatic carbocycles. The van der Waals surface area contributed by atoms with Crippen molar-refractivity contribution < 1.29 is 4.79 Å². The summed E-state index contributed by atoms with van der Waals surface area (Å²) in [5, 5.41) is 7.34. The SMILES string of the molecule is Cc1nn(CC(=O)N[C@@H]2CCC[C@@H](C)[C@@H]2C)c(=O)c2cccn12. The minimum atomic E-state index is -0.235.